The molecule has 0 atom stereocenters. The van der Waals surface area contributed by atoms with Crippen molar-refractivity contribution in [2.75, 3.05) is 0 Å². The molecule has 2 aromatic carbocycles. The number of hydrogen-bond donors (Lipinski definition) is 0. The van der Waals surface area contributed by atoms with Crippen molar-refractivity contribution in [3.05, 3.63) is 67.2 Å². The maximum atomic E-state index is 6.24. The Labute approximate surface area is 145 Å². The van der Waals surface area contributed by atoms with Crippen LogP contribution in [0.15, 0.2) is 60.7 Å². The van der Waals surface area contributed by atoms with Crippen molar-refractivity contribution in [3.8, 4) is 0 Å². The summed E-state index contributed by atoms with van der Waals surface area (Å²) in [6.45, 7) is 8.60. The Kier molecular flexibility index (Phi) is 8.70. The normalized spacial score (nSPS) is 10.6. The van der Waals surface area contributed by atoms with Crippen LogP contribution in [0, 0.1) is 6.55 Å². The third-order valence-corrected chi connectivity index (χ3v) is 6.32. The Bertz CT molecular complexity index is 451. The SMILES string of the molecule is [CH2-][Si](OC(C)C)(c1ccccc1)c1ccccc1.[Cl-].[Mg+2]. The first-order valence-electron chi connectivity index (χ1n) is 6.27. The summed E-state index contributed by atoms with van der Waals surface area (Å²) in [7, 11) is -2.31. The van der Waals surface area contributed by atoms with Crippen LogP contribution in [-0.4, -0.2) is 37.5 Å². The zero-order chi connectivity index (χ0) is 13.0. The molecule has 0 saturated heterocycles. The van der Waals surface area contributed by atoms with Crippen LogP contribution in [-0.2, 0) is 4.43 Å². The molecule has 2 aromatic rings. The standard InChI is InChI=1S/C16H19OSi.ClH.Mg/c1-14(2)17-18(3,15-10-6-4-7-11-15)16-12-8-5-9-13-16;;/h4-14H,3H2,1-2H3;1H;/q-1;;+2/p-1. The Morgan fingerprint density at radius 2 is 1.20 bits per heavy atom. The number of halogens is 1. The molecular formula is C16H19ClMgOSi. The third kappa shape index (κ3) is 4.60. The summed E-state index contributed by atoms with van der Waals surface area (Å²) in [5.41, 5.74) is 0. The Hall–Kier alpha value is -0.327. The van der Waals surface area contributed by atoms with E-state index in [9.17, 15) is 0 Å². The second-order valence-electron chi connectivity index (χ2n) is 4.73. The van der Waals surface area contributed by atoms with Gasteiger partial charge in [0, 0.05) is 6.10 Å². The topological polar surface area (TPSA) is 9.23 Å². The van der Waals surface area contributed by atoms with E-state index in [1.165, 1.54) is 10.4 Å². The summed E-state index contributed by atoms with van der Waals surface area (Å²) in [6.07, 6.45) is 0.176. The second-order valence-corrected chi connectivity index (χ2v) is 7.77. The summed E-state index contributed by atoms with van der Waals surface area (Å²) in [4.78, 5) is 0. The average molecular weight is 315 g/mol. The molecule has 0 radical (unpaired) electrons. The van der Waals surface area contributed by atoms with Crippen LogP contribution in [0.2, 0.25) is 0 Å². The molecule has 0 aliphatic heterocycles. The maximum Gasteiger partial charge on any atom is 2.00 e. The minimum atomic E-state index is -2.31. The summed E-state index contributed by atoms with van der Waals surface area (Å²) >= 11 is 0. The van der Waals surface area contributed by atoms with Crippen molar-refractivity contribution in [1.82, 2.24) is 0 Å². The number of hydrogen-bond acceptors (Lipinski definition) is 1. The minimum absolute atomic E-state index is 0. The van der Waals surface area contributed by atoms with Gasteiger partial charge < -0.3 is 23.4 Å². The van der Waals surface area contributed by atoms with Crippen molar-refractivity contribution in [2.45, 2.75) is 20.0 Å². The largest absolute Gasteiger partial charge is 2.00 e. The molecule has 1 nitrogen and oxygen atoms in total. The van der Waals surface area contributed by atoms with Gasteiger partial charge >= 0.3 is 23.1 Å². The van der Waals surface area contributed by atoms with Gasteiger partial charge in [0.15, 0.2) is 0 Å². The Morgan fingerprint density at radius 1 is 0.850 bits per heavy atom. The van der Waals surface area contributed by atoms with E-state index in [1.807, 2.05) is 12.1 Å². The van der Waals surface area contributed by atoms with E-state index in [1.54, 1.807) is 0 Å². The van der Waals surface area contributed by atoms with Crippen LogP contribution in [0.1, 0.15) is 13.8 Å². The van der Waals surface area contributed by atoms with Gasteiger partial charge in [0.25, 0.3) is 0 Å². The van der Waals surface area contributed by atoms with Gasteiger partial charge in [0.2, 0.25) is 0 Å². The summed E-state index contributed by atoms with van der Waals surface area (Å²) in [6, 6.07) is 20.7. The Balaban J connectivity index is 0.00000180. The first-order valence-corrected chi connectivity index (χ1v) is 8.38. The number of benzene rings is 2. The maximum absolute atomic E-state index is 6.24. The van der Waals surface area contributed by atoms with Gasteiger partial charge in [0.05, 0.1) is 0 Å². The molecule has 20 heavy (non-hydrogen) atoms. The van der Waals surface area contributed by atoms with Gasteiger partial charge in [0.1, 0.15) is 8.32 Å². The van der Waals surface area contributed by atoms with Gasteiger partial charge in [-0.15, -0.1) is 0 Å². The first kappa shape index (κ1) is 19.7. The number of rotatable bonds is 4. The van der Waals surface area contributed by atoms with Crippen molar-refractivity contribution < 1.29 is 16.8 Å². The van der Waals surface area contributed by atoms with Crippen molar-refractivity contribution >= 4 is 41.7 Å². The van der Waals surface area contributed by atoms with Crippen LogP contribution in [0.4, 0.5) is 0 Å². The molecule has 0 aromatic heterocycles. The monoisotopic (exact) mass is 314 g/mol. The predicted octanol–water partition coefficient (Wildman–Crippen LogP) is -0.832. The summed E-state index contributed by atoms with van der Waals surface area (Å²) < 4.78 is 6.24. The molecule has 4 heteroatoms. The fraction of sp³-hybridized carbons (Fsp3) is 0.188. The van der Waals surface area contributed by atoms with Crippen LogP contribution < -0.4 is 22.8 Å². The van der Waals surface area contributed by atoms with Crippen LogP contribution >= 0.6 is 0 Å². The van der Waals surface area contributed by atoms with Gasteiger partial charge in [-0.25, -0.2) is 0 Å². The molecular weight excluding hydrogens is 296 g/mol. The minimum Gasteiger partial charge on any atom is -1.00 e. The van der Waals surface area contributed by atoms with Gasteiger partial charge in [-0.3, -0.25) is 0 Å². The molecule has 2 rings (SSSR count). The molecule has 0 aliphatic rings. The fourth-order valence-corrected chi connectivity index (χ4v) is 4.99. The van der Waals surface area contributed by atoms with E-state index in [0.29, 0.717) is 0 Å². The van der Waals surface area contributed by atoms with E-state index in [0.717, 1.165) is 0 Å². The summed E-state index contributed by atoms with van der Waals surface area (Å²) in [5.74, 6) is 0. The molecule has 0 unspecified atom stereocenters. The van der Waals surface area contributed by atoms with Gasteiger partial charge in [-0.1, -0.05) is 71.0 Å². The predicted molar refractivity (Wildman–Crippen MR) is 85.2 cm³/mol. The van der Waals surface area contributed by atoms with Gasteiger partial charge in [-0.2, -0.15) is 0 Å². The fourth-order valence-electron chi connectivity index (χ4n) is 2.12. The quantitative estimate of drug-likeness (QED) is 0.529. The average Bonchev–Trinajstić information content (AvgIpc) is 2.40. The third-order valence-electron chi connectivity index (χ3n) is 2.92. The smallest absolute Gasteiger partial charge is 1.00 e. The van der Waals surface area contributed by atoms with E-state index >= 15 is 0 Å². The second kappa shape index (κ2) is 8.85. The Morgan fingerprint density at radius 3 is 1.50 bits per heavy atom. The van der Waals surface area contributed by atoms with Crippen molar-refractivity contribution in [1.29, 1.82) is 0 Å². The zero-order valence-corrected chi connectivity index (χ0v) is 15.2. The molecule has 0 aliphatic carbocycles. The van der Waals surface area contributed by atoms with Crippen LogP contribution in [0.5, 0.6) is 0 Å². The zero-order valence-electron chi connectivity index (χ0n) is 12.1. The van der Waals surface area contributed by atoms with E-state index in [4.69, 9.17) is 4.43 Å². The van der Waals surface area contributed by atoms with Crippen LogP contribution in [0.3, 0.4) is 0 Å². The van der Waals surface area contributed by atoms with E-state index < -0.39 is 8.32 Å². The molecule has 0 fully saturated rings. The van der Waals surface area contributed by atoms with Crippen LogP contribution in [0.25, 0.3) is 0 Å². The van der Waals surface area contributed by atoms with E-state index in [2.05, 4.69) is 68.9 Å². The molecule has 0 N–H and O–H groups in total. The molecule has 0 bridgehead atoms. The van der Waals surface area contributed by atoms with Crippen molar-refractivity contribution in [3.63, 3.8) is 0 Å². The van der Waals surface area contributed by atoms with Crippen molar-refractivity contribution in [2.24, 2.45) is 0 Å². The summed E-state index contributed by atoms with van der Waals surface area (Å²) in [5, 5.41) is 2.43. The molecule has 0 heterocycles. The molecule has 0 saturated carbocycles. The molecule has 102 valence electrons. The van der Waals surface area contributed by atoms with Gasteiger partial charge in [-0.05, 0) is 13.8 Å². The first-order chi connectivity index (χ1) is 8.63. The molecule has 0 spiro atoms. The molecule has 0 amide bonds. The van der Waals surface area contributed by atoms with E-state index in [-0.39, 0.29) is 41.6 Å².